The number of nitrogens with one attached hydrogen (secondary N) is 1. The van der Waals surface area contributed by atoms with Gasteiger partial charge in [-0.25, -0.2) is 0 Å². The van der Waals surface area contributed by atoms with Crippen molar-refractivity contribution in [1.82, 2.24) is 5.32 Å². The topological polar surface area (TPSA) is 64.4 Å². The van der Waals surface area contributed by atoms with E-state index in [9.17, 15) is 4.79 Å². The fourth-order valence-corrected chi connectivity index (χ4v) is 2.85. The SMILES string of the molecule is CCC(CNC(=O)C(N)C1CCOCC1)c1ccccc1. The molecule has 116 valence electrons. The summed E-state index contributed by atoms with van der Waals surface area (Å²) in [5.74, 6) is 0.559. The van der Waals surface area contributed by atoms with Gasteiger partial charge in [-0.1, -0.05) is 37.3 Å². The summed E-state index contributed by atoms with van der Waals surface area (Å²) in [6.07, 6.45) is 2.76. The summed E-state index contributed by atoms with van der Waals surface area (Å²) in [7, 11) is 0. The predicted octanol–water partition coefficient (Wildman–Crippen LogP) is 2.05. The highest BCUT2D eigenvalue weighted by atomic mass is 16.5. The maximum atomic E-state index is 12.2. The van der Waals surface area contributed by atoms with Gasteiger partial charge in [0.25, 0.3) is 0 Å². The number of hydrogen-bond acceptors (Lipinski definition) is 3. The molecule has 0 radical (unpaired) electrons. The van der Waals surface area contributed by atoms with Crippen molar-refractivity contribution in [3.8, 4) is 0 Å². The predicted molar refractivity (Wildman–Crippen MR) is 84.0 cm³/mol. The summed E-state index contributed by atoms with van der Waals surface area (Å²) in [5.41, 5.74) is 7.35. The van der Waals surface area contributed by atoms with Crippen molar-refractivity contribution in [2.75, 3.05) is 19.8 Å². The molecule has 1 aliphatic rings. The van der Waals surface area contributed by atoms with Crippen LogP contribution in [0.4, 0.5) is 0 Å². The van der Waals surface area contributed by atoms with E-state index in [2.05, 4.69) is 24.4 Å². The van der Waals surface area contributed by atoms with Gasteiger partial charge in [0.15, 0.2) is 0 Å². The van der Waals surface area contributed by atoms with Crippen LogP contribution in [0.5, 0.6) is 0 Å². The summed E-state index contributed by atoms with van der Waals surface area (Å²) >= 11 is 0. The summed E-state index contributed by atoms with van der Waals surface area (Å²) in [5, 5.41) is 3.02. The van der Waals surface area contributed by atoms with Crippen molar-refractivity contribution in [3.05, 3.63) is 35.9 Å². The second kappa shape index (κ2) is 8.15. The van der Waals surface area contributed by atoms with Crippen LogP contribution in [0.2, 0.25) is 0 Å². The maximum Gasteiger partial charge on any atom is 0.237 e. The zero-order valence-electron chi connectivity index (χ0n) is 12.8. The van der Waals surface area contributed by atoms with Gasteiger partial charge in [-0.2, -0.15) is 0 Å². The summed E-state index contributed by atoms with van der Waals surface area (Å²) in [6.45, 7) is 4.22. The molecule has 1 heterocycles. The first-order chi connectivity index (χ1) is 10.2. The maximum absolute atomic E-state index is 12.2. The molecule has 1 amide bonds. The standard InChI is InChI=1S/C17H26N2O2/c1-2-13(14-6-4-3-5-7-14)12-19-17(20)16(18)15-8-10-21-11-9-15/h3-7,13,15-16H,2,8-12,18H2,1H3,(H,19,20). The van der Waals surface area contributed by atoms with Gasteiger partial charge in [0.05, 0.1) is 6.04 Å². The Balaban J connectivity index is 1.84. The van der Waals surface area contributed by atoms with Crippen molar-refractivity contribution < 1.29 is 9.53 Å². The molecule has 0 aromatic heterocycles. The summed E-state index contributed by atoms with van der Waals surface area (Å²) in [4.78, 5) is 12.2. The Labute approximate surface area is 127 Å². The number of carbonyl (C=O) groups is 1. The fourth-order valence-electron chi connectivity index (χ4n) is 2.85. The lowest BCUT2D eigenvalue weighted by molar-refractivity contribution is -0.124. The van der Waals surface area contributed by atoms with Gasteiger partial charge in [-0.15, -0.1) is 0 Å². The lowest BCUT2D eigenvalue weighted by Gasteiger charge is -2.27. The first kappa shape index (κ1) is 16.0. The third-order valence-corrected chi connectivity index (χ3v) is 4.36. The van der Waals surface area contributed by atoms with Crippen LogP contribution in [-0.2, 0) is 9.53 Å². The fraction of sp³-hybridized carbons (Fsp3) is 0.588. The molecule has 0 bridgehead atoms. The second-order valence-corrected chi connectivity index (χ2v) is 5.74. The lowest BCUT2D eigenvalue weighted by atomic mass is 9.91. The van der Waals surface area contributed by atoms with Gasteiger partial charge in [-0.3, -0.25) is 4.79 Å². The molecule has 3 N–H and O–H groups in total. The van der Waals surface area contributed by atoms with E-state index in [-0.39, 0.29) is 11.8 Å². The van der Waals surface area contributed by atoms with Gasteiger partial charge in [-0.05, 0) is 30.7 Å². The molecular weight excluding hydrogens is 264 g/mol. The number of ether oxygens (including phenoxy) is 1. The number of carbonyl (C=O) groups excluding carboxylic acids is 1. The summed E-state index contributed by atoms with van der Waals surface area (Å²) in [6, 6.07) is 9.89. The van der Waals surface area contributed by atoms with Gasteiger partial charge in [0.2, 0.25) is 5.91 Å². The van der Waals surface area contributed by atoms with Gasteiger partial charge in [0, 0.05) is 25.7 Å². The first-order valence-electron chi connectivity index (χ1n) is 7.88. The van der Waals surface area contributed by atoms with Crippen LogP contribution in [0, 0.1) is 5.92 Å². The minimum Gasteiger partial charge on any atom is -0.381 e. The molecule has 1 aromatic carbocycles. The molecule has 2 unspecified atom stereocenters. The highest BCUT2D eigenvalue weighted by Crippen LogP contribution is 2.20. The van der Waals surface area contributed by atoms with E-state index in [1.807, 2.05) is 18.2 Å². The molecule has 0 spiro atoms. The Hall–Kier alpha value is -1.39. The number of rotatable bonds is 6. The van der Waals surface area contributed by atoms with Crippen LogP contribution in [0.15, 0.2) is 30.3 Å². The van der Waals surface area contributed by atoms with E-state index in [1.54, 1.807) is 0 Å². The van der Waals surface area contributed by atoms with Crippen LogP contribution in [0.3, 0.4) is 0 Å². The molecular formula is C17H26N2O2. The molecule has 0 aliphatic carbocycles. The smallest absolute Gasteiger partial charge is 0.237 e. The largest absolute Gasteiger partial charge is 0.381 e. The van der Waals surface area contributed by atoms with E-state index >= 15 is 0 Å². The molecule has 1 fully saturated rings. The lowest BCUT2D eigenvalue weighted by Crippen LogP contribution is -2.47. The van der Waals surface area contributed by atoms with Crippen molar-refractivity contribution in [1.29, 1.82) is 0 Å². The molecule has 2 rings (SSSR count). The molecule has 4 heteroatoms. The van der Waals surface area contributed by atoms with Crippen molar-refractivity contribution in [3.63, 3.8) is 0 Å². The van der Waals surface area contributed by atoms with Crippen LogP contribution in [-0.4, -0.2) is 31.7 Å². The quantitative estimate of drug-likeness (QED) is 0.843. The zero-order chi connectivity index (χ0) is 15.1. The van der Waals surface area contributed by atoms with E-state index < -0.39 is 6.04 Å². The van der Waals surface area contributed by atoms with E-state index in [0.717, 1.165) is 19.3 Å². The Morgan fingerprint density at radius 3 is 2.62 bits per heavy atom. The molecule has 0 saturated carbocycles. The molecule has 2 atom stereocenters. The Morgan fingerprint density at radius 2 is 2.00 bits per heavy atom. The zero-order valence-corrected chi connectivity index (χ0v) is 12.8. The van der Waals surface area contributed by atoms with Crippen molar-refractivity contribution in [2.24, 2.45) is 11.7 Å². The summed E-state index contributed by atoms with van der Waals surface area (Å²) < 4.78 is 5.32. The third-order valence-electron chi connectivity index (χ3n) is 4.36. The Bertz CT molecular complexity index is 430. The van der Waals surface area contributed by atoms with E-state index in [1.165, 1.54) is 5.56 Å². The van der Waals surface area contributed by atoms with Crippen LogP contribution in [0.25, 0.3) is 0 Å². The molecule has 1 aliphatic heterocycles. The van der Waals surface area contributed by atoms with E-state index in [4.69, 9.17) is 10.5 Å². The number of amides is 1. The molecule has 1 aromatic rings. The number of hydrogen-bond donors (Lipinski definition) is 2. The minimum atomic E-state index is -0.415. The highest BCUT2D eigenvalue weighted by molar-refractivity contribution is 5.81. The number of benzene rings is 1. The monoisotopic (exact) mass is 290 g/mol. The molecule has 1 saturated heterocycles. The second-order valence-electron chi connectivity index (χ2n) is 5.74. The average molecular weight is 290 g/mol. The molecule has 21 heavy (non-hydrogen) atoms. The average Bonchev–Trinajstić information content (AvgIpc) is 2.56. The third kappa shape index (κ3) is 4.55. The minimum absolute atomic E-state index is 0.0312. The van der Waals surface area contributed by atoms with Crippen LogP contribution < -0.4 is 11.1 Å². The van der Waals surface area contributed by atoms with E-state index in [0.29, 0.717) is 25.7 Å². The Kier molecular flexibility index (Phi) is 6.21. The Morgan fingerprint density at radius 1 is 1.33 bits per heavy atom. The van der Waals surface area contributed by atoms with Gasteiger partial charge >= 0.3 is 0 Å². The van der Waals surface area contributed by atoms with Gasteiger partial charge in [0.1, 0.15) is 0 Å². The van der Waals surface area contributed by atoms with Gasteiger partial charge < -0.3 is 15.8 Å². The van der Waals surface area contributed by atoms with Crippen LogP contribution in [0.1, 0.15) is 37.7 Å². The normalized spacial score (nSPS) is 19.0. The highest BCUT2D eigenvalue weighted by Gasteiger charge is 2.26. The molecule has 4 nitrogen and oxygen atoms in total. The van der Waals surface area contributed by atoms with Crippen molar-refractivity contribution in [2.45, 2.75) is 38.1 Å². The number of nitrogens with two attached hydrogens (primary N) is 1. The first-order valence-corrected chi connectivity index (χ1v) is 7.88. The van der Waals surface area contributed by atoms with Crippen LogP contribution >= 0.6 is 0 Å². The van der Waals surface area contributed by atoms with Crippen molar-refractivity contribution >= 4 is 5.91 Å².